The van der Waals surface area contributed by atoms with E-state index in [1.165, 1.54) is 0 Å². The zero-order chi connectivity index (χ0) is 19.4. The summed E-state index contributed by atoms with van der Waals surface area (Å²) in [6, 6.07) is 12.7. The Kier molecular flexibility index (Phi) is 5.66. The minimum Gasteiger partial charge on any atom is -0.370 e. The zero-order valence-electron chi connectivity index (χ0n) is 15.0. The van der Waals surface area contributed by atoms with Crippen molar-refractivity contribution >= 4 is 5.82 Å². The van der Waals surface area contributed by atoms with Crippen LogP contribution >= 0.6 is 0 Å². The number of piperidine rings is 1. The largest absolute Gasteiger partial charge is 0.416 e. The van der Waals surface area contributed by atoms with Crippen molar-refractivity contribution in [3.8, 4) is 6.07 Å². The number of anilines is 1. The molecule has 7 heteroatoms. The molecule has 1 N–H and O–H groups in total. The summed E-state index contributed by atoms with van der Waals surface area (Å²) < 4.78 is 38.5. The Morgan fingerprint density at radius 3 is 2.63 bits per heavy atom. The van der Waals surface area contributed by atoms with Crippen LogP contribution in [0.1, 0.15) is 35.7 Å². The Balaban J connectivity index is 1.76. The molecule has 0 saturated carbocycles. The molecule has 1 aliphatic heterocycles. The third-order valence-electron chi connectivity index (χ3n) is 5.00. The SMILES string of the molecule is CN1CCCC(CNc2cccc(C#N)n2)C1c1ccc(C(F)(F)F)cc1. The predicted molar refractivity (Wildman–Crippen MR) is 97.0 cm³/mol. The molecular formula is C20H21F3N4. The topological polar surface area (TPSA) is 52.0 Å². The third kappa shape index (κ3) is 4.58. The van der Waals surface area contributed by atoms with Crippen molar-refractivity contribution in [2.24, 2.45) is 5.92 Å². The van der Waals surface area contributed by atoms with Crippen molar-refractivity contribution in [3.63, 3.8) is 0 Å². The van der Waals surface area contributed by atoms with Gasteiger partial charge in [-0.3, -0.25) is 4.90 Å². The number of nitrogens with zero attached hydrogens (tertiary/aromatic N) is 3. The first kappa shape index (κ1) is 19.2. The van der Waals surface area contributed by atoms with Crippen LogP contribution in [-0.2, 0) is 6.18 Å². The van der Waals surface area contributed by atoms with E-state index < -0.39 is 11.7 Å². The second-order valence-electron chi connectivity index (χ2n) is 6.85. The lowest BCUT2D eigenvalue weighted by Crippen LogP contribution is -2.39. The molecule has 142 valence electrons. The van der Waals surface area contributed by atoms with Gasteiger partial charge in [0.1, 0.15) is 17.6 Å². The summed E-state index contributed by atoms with van der Waals surface area (Å²) in [7, 11) is 2.00. The third-order valence-corrected chi connectivity index (χ3v) is 5.00. The monoisotopic (exact) mass is 374 g/mol. The lowest BCUT2D eigenvalue weighted by Gasteiger charge is -2.40. The van der Waals surface area contributed by atoms with E-state index in [1.807, 2.05) is 13.1 Å². The maximum Gasteiger partial charge on any atom is 0.416 e. The van der Waals surface area contributed by atoms with Crippen LogP contribution in [0, 0.1) is 17.2 Å². The normalized spacial score (nSPS) is 20.9. The molecule has 0 aliphatic carbocycles. The fraction of sp³-hybridized carbons (Fsp3) is 0.400. The molecule has 0 radical (unpaired) electrons. The van der Waals surface area contributed by atoms with Gasteiger partial charge >= 0.3 is 6.18 Å². The molecule has 0 spiro atoms. The molecule has 1 aliphatic rings. The van der Waals surface area contributed by atoms with Gasteiger partial charge in [0.05, 0.1) is 5.56 Å². The molecule has 0 amide bonds. The molecule has 1 fully saturated rings. The van der Waals surface area contributed by atoms with E-state index in [4.69, 9.17) is 5.26 Å². The van der Waals surface area contributed by atoms with Gasteiger partial charge in [0.25, 0.3) is 0 Å². The molecule has 3 rings (SSSR count). The van der Waals surface area contributed by atoms with Crippen LogP contribution in [0.5, 0.6) is 0 Å². The summed E-state index contributed by atoms with van der Waals surface area (Å²) >= 11 is 0. The Hall–Kier alpha value is -2.59. The molecule has 1 saturated heterocycles. The fourth-order valence-corrected chi connectivity index (χ4v) is 3.70. The number of nitrogens with one attached hydrogen (secondary N) is 1. The van der Waals surface area contributed by atoms with Crippen LogP contribution in [0.25, 0.3) is 0 Å². The Bertz CT molecular complexity index is 811. The van der Waals surface area contributed by atoms with Gasteiger partial charge in [0.2, 0.25) is 0 Å². The van der Waals surface area contributed by atoms with Crippen LogP contribution in [-0.4, -0.2) is 30.0 Å². The van der Waals surface area contributed by atoms with Gasteiger partial charge in [-0.25, -0.2) is 4.98 Å². The number of likely N-dealkylation sites (tertiary alicyclic amines) is 1. The van der Waals surface area contributed by atoms with E-state index in [1.54, 1.807) is 30.3 Å². The standard InChI is InChI=1S/C20H21F3N4/c1-27-11-3-4-15(13-25-18-6-2-5-17(12-24)26-18)19(27)14-7-9-16(10-8-14)20(21,22)23/h2,5-10,15,19H,3-4,11,13H2,1H3,(H,25,26). The van der Waals surface area contributed by atoms with Crippen LogP contribution in [0.2, 0.25) is 0 Å². The molecule has 4 nitrogen and oxygen atoms in total. The van der Waals surface area contributed by atoms with Gasteiger partial charge in [-0.2, -0.15) is 18.4 Å². The van der Waals surface area contributed by atoms with Crippen molar-refractivity contribution in [2.45, 2.75) is 25.1 Å². The highest BCUT2D eigenvalue weighted by atomic mass is 19.4. The van der Waals surface area contributed by atoms with Crippen molar-refractivity contribution in [1.29, 1.82) is 5.26 Å². The molecule has 2 heterocycles. The fourth-order valence-electron chi connectivity index (χ4n) is 3.70. The van der Waals surface area contributed by atoms with E-state index in [-0.39, 0.29) is 12.0 Å². The second-order valence-corrected chi connectivity index (χ2v) is 6.85. The average Bonchev–Trinajstić information content (AvgIpc) is 2.66. The zero-order valence-corrected chi connectivity index (χ0v) is 15.0. The number of alkyl halides is 3. The van der Waals surface area contributed by atoms with E-state index in [9.17, 15) is 13.2 Å². The number of aromatic nitrogens is 1. The number of rotatable bonds is 4. The molecule has 2 aromatic rings. The van der Waals surface area contributed by atoms with Gasteiger partial charge in [0, 0.05) is 12.6 Å². The van der Waals surface area contributed by atoms with Crippen molar-refractivity contribution < 1.29 is 13.2 Å². The number of hydrogen-bond donors (Lipinski definition) is 1. The summed E-state index contributed by atoms with van der Waals surface area (Å²) in [6.45, 7) is 1.54. The Morgan fingerprint density at radius 2 is 1.96 bits per heavy atom. The van der Waals surface area contributed by atoms with Crippen LogP contribution in [0.15, 0.2) is 42.5 Å². The maximum absolute atomic E-state index is 12.8. The van der Waals surface area contributed by atoms with E-state index >= 15 is 0 Å². The highest BCUT2D eigenvalue weighted by Crippen LogP contribution is 2.37. The van der Waals surface area contributed by atoms with Gasteiger partial charge in [-0.15, -0.1) is 0 Å². The molecule has 2 unspecified atom stereocenters. The van der Waals surface area contributed by atoms with Crippen molar-refractivity contribution in [1.82, 2.24) is 9.88 Å². The van der Waals surface area contributed by atoms with Crippen LogP contribution in [0.3, 0.4) is 0 Å². The lowest BCUT2D eigenvalue weighted by atomic mass is 9.84. The predicted octanol–water partition coefficient (Wildman–Crippen LogP) is 4.47. The van der Waals surface area contributed by atoms with Gasteiger partial charge in [0.15, 0.2) is 0 Å². The van der Waals surface area contributed by atoms with Crippen LogP contribution < -0.4 is 5.32 Å². The number of benzene rings is 1. The average molecular weight is 374 g/mol. The summed E-state index contributed by atoms with van der Waals surface area (Å²) in [5.41, 5.74) is 0.604. The molecule has 2 atom stereocenters. The van der Waals surface area contributed by atoms with E-state index in [2.05, 4.69) is 15.2 Å². The van der Waals surface area contributed by atoms with Gasteiger partial charge in [-0.1, -0.05) is 18.2 Å². The van der Waals surface area contributed by atoms with Gasteiger partial charge < -0.3 is 5.32 Å². The Morgan fingerprint density at radius 1 is 1.22 bits per heavy atom. The number of nitriles is 1. The smallest absolute Gasteiger partial charge is 0.370 e. The minimum absolute atomic E-state index is 0.0349. The first-order chi connectivity index (χ1) is 12.9. The molecule has 27 heavy (non-hydrogen) atoms. The molecular weight excluding hydrogens is 353 g/mol. The highest BCUT2D eigenvalue weighted by Gasteiger charge is 2.33. The number of halogens is 3. The summed E-state index contributed by atoms with van der Waals surface area (Å²) in [6.07, 6.45) is -2.32. The van der Waals surface area contributed by atoms with E-state index in [0.29, 0.717) is 18.1 Å². The maximum atomic E-state index is 12.8. The molecule has 1 aromatic heterocycles. The van der Waals surface area contributed by atoms with E-state index in [0.717, 1.165) is 37.1 Å². The first-order valence-corrected chi connectivity index (χ1v) is 8.87. The summed E-state index contributed by atoms with van der Waals surface area (Å²) in [5, 5.41) is 12.2. The minimum atomic E-state index is -4.32. The quantitative estimate of drug-likeness (QED) is 0.858. The first-order valence-electron chi connectivity index (χ1n) is 8.87. The Labute approximate surface area is 156 Å². The lowest BCUT2D eigenvalue weighted by molar-refractivity contribution is -0.137. The summed E-state index contributed by atoms with van der Waals surface area (Å²) in [5.74, 6) is 0.862. The summed E-state index contributed by atoms with van der Waals surface area (Å²) in [4.78, 5) is 6.41. The highest BCUT2D eigenvalue weighted by molar-refractivity contribution is 5.38. The van der Waals surface area contributed by atoms with Crippen molar-refractivity contribution in [2.75, 3.05) is 25.5 Å². The van der Waals surface area contributed by atoms with Gasteiger partial charge in [-0.05, 0) is 62.2 Å². The number of pyridine rings is 1. The van der Waals surface area contributed by atoms with Crippen LogP contribution in [0.4, 0.5) is 19.0 Å². The second kappa shape index (κ2) is 7.97. The number of hydrogen-bond acceptors (Lipinski definition) is 4. The van der Waals surface area contributed by atoms with Crippen molar-refractivity contribution in [3.05, 3.63) is 59.3 Å². The molecule has 1 aromatic carbocycles. The molecule has 0 bridgehead atoms.